The van der Waals surface area contributed by atoms with Crippen molar-refractivity contribution in [3.05, 3.63) is 71.8 Å². The van der Waals surface area contributed by atoms with Crippen LogP contribution in [0.1, 0.15) is 55.1 Å². The third-order valence-corrected chi connectivity index (χ3v) is 10.1. The topological polar surface area (TPSA) is 17.1 Å². The summed E-state index contributed by atoms with van der Waals surface area (Å²) in [6.45, 7) is 0. The number of alkyl halides is 1. The zero-order valence-electron chi connectivity index (χ0n) is 16.8. The second-order valence-corrected chi connectivity index (χ2v) is 11.1. The highest BCUT2D eigenvalue weighted by Crippen LogP contribution is 2.69. The smallest absolute Gasteiger partial charge is 0.148 e. The third-order valence-electron chi connectivity index (χ3n) is 8.93. The van der Waals surface area contributed by atoms with Gasteiger partial charge in [0.2, 0.25) is 0 Å². The van der Waals surface area contributed by atoms with Crippen molar-refractivity contribution in [3.8, 4) is 0 Å². The van der Waals surface area contributed by atoms with E-state index in [1.165, 1.54) is 43.2 Å². The number of carbonyl (C=O) groups excluding carboxylic acids is 1. The van der Waals surface area contributed by atoms with Crippen LogP contribution in [0.25, 0.3) is 0 Å². The molecular weight excluding hydrogens is 420 g/mol. The Labute approximate surface area is 182 Å². The molecule has 0 saturated heterocycles. The Morgan fingerprint density at radius 3 is 1.72 bits per heavy atom. The van der Waals surface area contributed by atoms with Gasteiger partial charge in [0.05, 0.1) is 0 Å². The van der Waals surface area contributed by atoms with Crippen LogP contribution in [-0.4, -0.2) is 10.6 Å². The number of fused-ring (bicyclic) bond motifs is 3. The predicted molar refractivity (Wildman–Crippen MR) is 120 cm³/mol. The van der Waals surface area contributed by atoms with Gasteiger partial charge in [0.25, 0.3) is 0 Å². The molecule has 2 heteroatoms. The molecule has 0 aliphatic heterocycles. The molecule has 4 saturated carbocycles. The Morgan fingerprint density at radius 1 is 0.621 bits per heavy atom. The van der Waals surface area contributed by atoms with E-state index in [2.05, 4.69) is 76.6 Å². The second-order valence-electron chi connectivity index (χ2n) is 9.93. The molecule has 0 amide bonds. The summed E-state index contributed by atoms with van der Waals surface area (Å²) in [5.74, 6) is 4.85. The maximum atomic E-state index is 14.0. The van der Waals surface area contributed by atoms with Gasteiger partial charge in [-0.15, -0.1) is 0 Å². The van der Waals surface area contributed by atoms with Crippen LogP contribution in [0.2, 0.25) is 0 Å². The zero-order chi connectivity index (χ0) is 19.5. The highest BCUT2D eigenvalue weighted by Gasteiger charge is 2.65. The molecular formula is C27H29BrO. The molecule has 4 aliphatic carbocycles. The van der Waals surface area contributed by atoms with Gasteiger partial charge in [-0.25, -0.2) is 0 Å². The summed E-state index contributed by atoms with van der Waals surface area (Å²) in [4.78, 5) is 14.7. The highest BCUT2D eigenvalue weighted by molar-refractivity contribution is 9.09. The largest absolute Gasteiger partial charge is 0.298 e. The van der Waals surface area contributed by atoms with Crippen LogP contribution in [-0.2, 0) is 4.79 Å². The maximum absolute atomic E-state index is 14.0. The summed E-state index contributed by atoms with van der Waals surface area (Å²) in [7, 11) is 0. The second kappa shape index (κ2) is 7.08. The Morgan fingerprint density at radius 2 is 1.14 bits per heavy atom. The van der Waals surface area contributed by atoms with Crippen molar-refractivity contribution in [2.45, 2.75) is 48.8 Å². The molecule has 2 aromatic rings. The van der Waals surface area contributed by atoms with Crippen LogP contribution < -0.4 is 0 Å². The highest BCUT2D eigenvalue weighted by atomic mass is 79.9. The Balaban J connectivity index is 1.50. The molecule has 4 fully saturated rings. The number of carbonyl (C=O) groups is 1. The monoisotopic (exact) mass is 448 g/mol. The van der Waals surface area contributed by atoms with E-state index in [0.717, 1.165) is 23.7 Å². The fourth-order valence-corrected chi connectivity index (χ4v) is 9.06. The van der Waals surface area contributed by atoms with E-state index < -0.39 is 0 Å². The van der Waals surface area contributed by atoms with E-state index in [1.54, 1.807) is 0 Å². The molecule has 0 radical (unpaired) electrons. The summed E-state index contributed by atoms with van der Waals surface area (Å²) in [6, 6.07) is 21.5. The fraction of sp³-hybridized carbons (Fsp3) is 0.519. The van der Waals surface area contributed by atoms with Gasteiger partial charge in [-0.3, -0.25) is 4.79 Å². The molecule has 0 spiro atoms. The Kier molecular flexibility index (Phi) is 4.48. The van der Waals surface area contributed by atoms with Crippen molar-refractivity contribution in [3.63, 3.8) is 0 Å². The van der Waals surface area contributed by atoms with E-state index in [9.17, 15) is 4.79 Å². The van der Waals surface area contributed by atoms with Crippen LogP contribution in [0.4, 0.5) is 0 Å². The maximum Gasteiger partial charge on any atom is 0.148 e. The molecule has 150 valence electrons. The van der Waals surface area contributed by atoms with Crippen molar-refractivity contribution < 1.29 is 4.79 Å². The van der Waals surface area contributed by atoms with Gasteiger partial charge < -0.3 is 0 Å². The van der Waals surface area contributed by atoms with E-state index in [4.69, 9.17) is 0 Å². The van der Waals surface area contributed by atoms with E-state index >= 15 is 0 Å². The van der Waals surface area contributed by atoms with Crippen molar-refractivity contribution in [1.82, 2.24) is 0 Å². The van der Waals surface area contributed by atoms with E-state index in [0.29, 0.717) is 22.4 Å². The molecule has 0 bridgehead atoms. The SMILES string of the molecule is O=C1C(c2ccccc2)C2C3CCCC4C(Br)CCC(C43)C2C1c1ccccc1. The van der Waals surface area contributed by atoms with Crippen molar-refractivity contribution in [1.29, 1.82) is 0 Å². The minimum atomic E-state index is 0.0922. The normalized spacial score (nSPS) is 43.1. The first kappa shape index (κ1) is 18.4. The number of rotatable bonds is 2. The first-order chi connectivity index (χ1) is 14.3. The summed E-state index contributed by atoms with van der Waals surface area (Å²) in [6.07, 6.45) is 6.64. The number of hydrogen-bond donors (Lipinski definition) is 0. The quantitative estimate of drug-likeness (QED) is 0.473. The Bertz CT molecular complexity index is 836. The minimum absolute atomic E-state index is 0.0922. The van der Waals surface area contributed by atoms with Gasteiger partial charge in [-0.1, -0.05) is 83.0 Å². The number of hydrogen-bond acceptors (Lipinski definition) is 1. The van der Waals surface area contributed by atoms with Crippen molar-refractivity contribution in [2.75, 3.05) is 0 Å². The predicted octanol–water partition coefficient (Wildman–Crippen LogP) is 6.59. The van der Waals surface area contributed by atoms with Gasteiger partial charge >= 0.3 is 0 Å². The van der Waals surface area contributed by atoms with Crippen LogP contribution >= 0.6 is 15.9 Å². The summed E-state index contributed by atoms with van der Waals surface area (Å²) < 4.78 is 0. The first-order valence-electron chi connectivity index (χ1n) is 11.5. The average molecular weight is 449 g/mol. The summed E-state index contributed by atoms with van der Waals surface area (Å²) in [5, 5.41) is 0. The van der Waals surface area contributed by atoms with Gasteiger partial charge in [-0.2, -0.15) is 0 Å². The lowest BCUT2D eigenvalue weighted by molar-refractivity contribution is -0.121. The molecule has 0 heterocycles. The lowest BCUT2D eigenvalue weighted by atomic mass is 9.62. The molecule has 1 nitrogen and oxygen atoms in total. The fourth-order valence-electron chi connectivity index (χ4n) is 8.18. The van der Waals surface area contributed by atoms with Crippen LogP contribution in [0.3, 0.4) is 0 Å². The number of Topliss-reactive ketones (excluding diaryl/α,β-unsaturated/α-hetero) is 1. The first-order valence-corrected chi connectivity index (χ1v) is 12.4. The third kappa shape index (κ3) is 2.67. The van der Waals surface area contributed by atoms with Crippen molar-refractivity contribution >= 4 is 21.7 Å². The standard InChI is InChI=1S/C27H29BrO/c28-21-15-14-20-24-18(21)12-7-13-19(24)25-22(16-8-3-1-4-9-16)27(29)23(26(20)25)17-10-5-2-6-11-17/h1-6,8-11,18-26H,7,12-15H2. The van der Waals surface area contributed by atoms with E-state index in [-0.39, 0.29) is 11.8 Å². The Hall–Kier alpha value is -1.41. The molecule has 29 heavy (non-hydrogen) atoms. The zero-order valence-corrected chi connectivity index (χ0v) is 18.4. The number of ketones is 1. The molecule has 2 aromatic carbocycles. The number of halogens is 1. The molecule has 9 unspecified atom stereocenters. The molecule has 9 atom stereocenters. The number of benzene rings is 2. The summed E-state index contributed by atoms with van der Waals surface area (Å²) >= 11 is 4.06. The molecule has 0 N–H and O–H groups in total. The van der Waals surface area contributed by atoms with Gasteiger partial charge in [0, 0.05) is 16.7 Å². The lowest BCUT2D eigenvalue weighted by Gasteiger charge is -2.45. The molecule has 0 aromatic heterocycles. The van der Waals surface area contributed by atoms with Crippen LogP contribution in [0, 0.1) is 35.5 Å². The summed E-state index contributed by atoms with van der Waals surface area (Å²) in [5.41, 5.74) is 2.53. The van der Waals surface area contributed by atoms with Crippen molar-refractivity contribution in [2.24, 2.45) is 35.5 Å². The van der Waals surface area contributed by atoms with E-state index in [1.807, 2.05) is 0 Å². The van der Waals surface area contributed by atoms with Crippen LogP contribution in [0.15, 0.2) is 60.7 Å². The van der Waals surface area contributed by atoms with Crippen LogP contribution in [0.5, 0.6) is 0 Å². The molecule has 6 rings (SSSR count). The van der Waals surface area contributed by atoms with Gasteiger partial charge in [0.1, 0.15) is 5.78 Å². The lowest BCUT2D eigenvalue weighted by Crippen LogP contribution is -2.41. The van der Waals surface area contributed by atoms with Gasteiger partial charge in [0.15, 0.2) is 0 Å². The minimum Gasteiger partial charge on any atom is -0.298 e. The van der Waals surface area contributed by atoms with Gasteiger partial charge in [-0.05, 0) is 72.3 Å². The molecule has 4 aliphatic rings. The average Bonchev–Trinajstić information content (AvgIpc) is 3.24.